The molecule has 4 fully saturated rings. The number of aliphatic hydroxyl groups excluding tert-OH is 1. The highest BCUT2D eigenvalue weighted by Crippen LogP contribution is 2.40. The second-order valence-electron chi connectivity index (χ2n) is 17.9. The van der Waals surface area contributed by atoms with Crippen molar-refractivity contribution in [3.05, 3.63) is 177 Å². The van der Waals surface area contributed by atoms with Gasteiger partial charge in [-0.3, -0.25) is 19.3 Å². The number of carbonyl (C=O) groups is 2. The molecule has 1 aromatic heterocycles. The lowest BCUT2D eigenvalue weighted by molar-refractivity contribution is -0.167. The van der Waals surface area contributed by atoms with E-state index in [1.807, 2.05) is 54.6 Å². The molecule has 5 aromatic carbocycles. The molecule has 0 spiro atoms. The molecule has 4 N–H and O–H groups in total. The fourth-order valence-electron chi connectivity index (χ4n) is 9.84. The first-order chi connectivity index (χ1) is 32.0. The molecule has 14 heteroatoms. The monoisotopic (exact) mass is 909 g/mol. The normalized spacial score (nSPS) is 19.7. The highest BCUT2D eigenvalue weighted by Gasteiger charge is 2.47. The fourth-order valence-corrected chi connectivity index (χ4v) is 11.3. The van der Waals surface area contributed by atoms with Crippen molar-refractivity contribution in [3.63, 3.8) is 0 Å². The van der Waals surface area contributed by atoms with Crippen LogP contribution in [0.1, 0.15) is 70.0 Å². The number of carbonyl (C=O) groups excluding carboxylic acids is 2. The van der Waals surface area contributed by atoms with Crippen LogP contribution in [0.5, 0.6) is 5.75 Å². The Balaban J connectivity index is 0.842. The molecule has 2 atom stereocenters. The lowest BCUT2D eigenvalue weighted by atomic mass is 9.72. The van der Waals surface area contributed by atoms with Crippen LogP contribution in [0.2, 0.25) is 0 Å². The molecular formula is C52H55N5O8S. The summed E-state index contributed by atoms with van der Waals surface area (Å²) in [6, 6.07) is 38.8. The maximum atomic E-state index is 14.2. The molecule has 0 saturated carbocycles. The minimum Gasteiger partial charge on any atom is -0.506 e. The van der Waals surface area contributed by atoms with Crippen LogP contribution in [0, 0.1) is 5.92 Å². The summed E-state index contributed by atoms with van der Waals surface area (Å²) in [5.41, 5.74) is 3.48. The number of phenols is 1. The number of hydrogen-bond acceptors (Lipinski definition) is 10. The number of ether oxygens (including phenoxy) is 1. The molecule has 4 aliphatic rings. The Labute approximate surface area is 384 Å². The van der Waals surface area contributed by atoms with Crippen LogP contribution >= 0.6 is 0 Å². The molecule has 5 heterocycles. The number of amides is 1. The number of likely N-dealkylation sites (tertiary alicyclic amines) is 1. The van der Waals surface area contributed by atoms with Crippen LogP contribution < -0.4 is 10.9 Å². The largest absolute Gasteiger partial charge is 0.506 e. The molecule has 6 aromatic rings. The van der Waals surface area contributed by atoms with Crippen molar-refractivity contribution in [1.29, 1.82) is 0 Å². The van der Waals surface area contributed by atoms with Crippen molar-refractivity contribution in [2.24, 2.45) is 5.92 Å². The number of sulfonamides is 1. The average Bonchev–Trinajstić information content (AvgIpc) is 3.35. The van der Waals surface area contributed by atoms with E-state index in [0.717, 1.165) is 54.7 Å². The first-order valence-corrected chi connectivity index (χ1v) is 24.1. The van der Waals surface area contributed by atoms with Gasteiger partial charge in [-0.15, -0.1) is 0 Å². The fraction of sp³-hybridized carbons (Fsp3) is 0.327. The number of esters is 1. The average molecular weight is 910 g/mol. The maximum Gasteiger partial charge on any atom is 0.317 e. The molecule has 0 unspecified atom stereocenters. The van der Waals surface area contributed by atoms with Crippen LogP contribution in [0.25, 0.3) is 10.9 Å². The molecule has 2 bridgehead atoms. The van der Waals surface area contributed by atoms with Gasteiger partial charge in [-0.25, -0.2) is 8.42 Å². The van der Waals surface area contributed by atoms with Crippen molar-refractivity contribution < 1.29 is 33.0 Å². The number of aromatic hydroxyl groups is 1. The Hall–Kier alpha value is -6.16. The van der Waals surface area contributed by atoms with Crippen molar-refractivity contribution in [2.45, 2.75) is 67.8 Å². The van der Waals surface area contributed by atoms with Gasteiger partial charge in [-0.1, -0.05) is 91.0 Å². The van der Waals surface area contributed by atoms with Crippen molar-refractivity contribution >= 4 is 32.8 Å². The van der Waals surface area contributed by atoms with Gasteiger partial charge < -0.3 is 30.2 Å². The third-order valence-electron chi connectivity index (χ3n) is 13.7. The minimum atomic E-state index is -3.93. The Morgan fingerprint density at radius 3 is 2.05 bits per heavy atom. The number of pyridine rings is 1. The van der Waals surface area contributed by atoms with E-state index < -0.39 is 21.5 Å². The summed E-state index contributed by atoms with van der Waals surface area (Å²) in [5, 5.41) is 25.0. The van der Waals surface area contributed by atoms with E-state index in [9.17, 15) is 33.0 Å². The van der Waals surface area contributed by atoms with Gasteiger partial charge in [0.15, 0.2) is 0 Å². The lowest BCUT2D eigenvalue weighted by Crippen LogP contribution is -2.55. The van der Waals surface area contributed by atoms with Crippen LogP contribution in [0.15, 0.2) is 143 Å². The van der Waals surface area contributed by atoms with Gasteiger partial charge in [0.2, 0.25) is 15.6 Å². The second-order valence-corrected chi connectivity index (χ2v) is 19.8. The van der Waals surface area contributed by atoms with Crippen LogP contribution in [-0.2, 0) is 44.6 Å². The quantitative estimate of drug-likeness (QED) is 0.0863. The molecule has 13 nitrogen and oxygen atoms in total. The highest BCUT2D eigenvalue weighted by atomic mass is 32.2. The summed E-state index contributed by atoms with van der Waals surface area (Å²) >= 11 is 0. The van der Waals surface area contributed by atoms with Crippen molar-refractivity contribution in [1.82, 2.24) is 24.4 Å². The van der Waals surface area contributed by atoms with E-state index in [2.05, 4.69) is 15.2 Å². The zero-order valence-electron chi connectivity index (χ0n) is 36.7. The van der Waals surface area contributed by atoms with E-state index in [4.69, 9.17) is 4.74 Å². The maximum absolute atomic E-state index is 14.2. The highest BCUT2D eigenvalue weighted by molar-refractivity contribution is 7.89. The first-order valence-electron chi connectivity index (χ1n) is 22.7. The van der Waals surface area contributed by atoms with Gasteiger partial charge >= 0.3 is 5.97 Å². The second kappa shape index (κ2) is 19.4. The Morgan fingerprint density at radius 1 is 0.788 bits per heavy atom. The number of nitrogens with zero attached hydrogens (tertiary/aromatic N) is 3. The number of aliphatic hydroxyl groups is 1. The van der Waals surface area contributed by atoms with Gasteiger partial charge in [0, 0.05) is 62.8 Å². The van der Waals surface area contributed by atoms with E-state index in [1.165, 1.54) is 16.4 Å². The summed E-state index contributed by atoms with van der Waals surface area (Å²) in [6.07, 6.45) is 2.00. The first kappa shape index (κ1) is 45.0. The summed E-state index contributed by atoms with van der Waals surface area (Å²) < 4.78 is 36.1. The standard InChI is InChI=1S/C52H55N5O8S/c58-45-21-19-43(44-20-22-48(60)54-49(44)45)46(59)32-53-31-36-11-13-37(14-12-36)33-57(66(63,64)42-9-5-2-6-10-42)34-38-15-17-40(18-16-38)50(61)56-29-25-52(26-30-56,41-7-3-1-4-8-41)51(62)65-47-35-55-27-23-39(47)24-28-55/h1-22,39,46-47,53,58-59H,23-35H2,(H,54,60)/t46-,47-/m0/s1. The number of benzene rings is 5. The molecule has 1 amide bonds. The molecule has 0 aliphatic carbocycles. The number of H-pyrrole nitrogens is 1. The van der Waals surface area contributed by atoms with Gasteiger partial charge in [-0.2, -0.15) is 4.31 Å². The Bertz CT molecular complexity index is 2830. The minimum absolute atomic E-state index is 0.0672. The molecule has 4 aliphatic heterocycles. The number of phenolic OH excluding ortho intramolecular Hbond substituents is 1. The number of aromatic amines is 1. The number of hydrogen-bond donors (Lipinski definition) is 4. The molecule has 10 rings (SSSR count). The third kappa shape index (κ3) is 9.56. The summed E-state index contributed by atoms with van der Waals surface area (Å²) in [5.74, 6) is -0.0127. The Kier molecular flexibility index (Phi) is 13.2. The Morgan fingerprint density at radius 2 is 1.41 bits per heavy atom. The SMILES string of the molecule is O=C(c1ccc(CN(Cc2ccc(CNC[C@H](O)c3ccc(O)c4[nH]c(=O)ccc34)cc2)S(=O)(=O)c2ccccc2)cc1)N1CCC(C(=O)O[C@H]2CN3CCC2CC3)(c2ccccc2)CC1. The molecular weight excluding hydrogens is 855 g/mol. The number of nitrogens with one attached hydrogen (secondary N) is 2. The summed E-state index contributed by atoms with van der Waals surface area (Å²) in [4.78, 5) is 46.9. The van der Waals surface area contributed by atoms with E-state index >= 15 is 0 Å². The van der Waals surface area contributed by atoms with Crippen LogP contribution in [-0.4, -0.2) is 95.0 Å². The molecule has 66 heavy (non-hydrogen) atoms. The predicted molar refractivity (Wildman–Crippen MR) is 251 cm³/mol. The zero-order chi connectivity index (χ0) is 45.8. The van der Waals surface area contributed by atoms with E-state index in [1.54, 1.807) is 71.6 Å². The number of piperidine rings is 4. The van der Waals surface area contributed by atoms with Gasteiger partial charge in [-0.05, 0) is 109 Å². The van der Waals surface area contributed by atoms with E-state index in [-0.39, 0.29) is 59.3 Å². The molecule has 4 saturated heterocycles. The smallest absolute Gasteiger partial charge is 0.317 e. The number of aromatic nitrogens is 1. The van der Waals surface area contributed by atoms with Gasteiger partial charge in [0.25, 0.3) is 5.91 Å². The lowest BCUT2D eigenvalue weighted by Gasteiger charge is -2.46. The van der Waals surface area contributed by atoms with Crippen molar-refractivity contribution in [2.75, 3.05) is 39.3 Å². The third-order valence-corrected chi connectivity index (χ3v) is 15.5. The van der Waals surface area contributed by atoms with Crippen molar-refractivity contribution in [3.8, 4) is 5.75 Å². The summed E-state index contributed by atoms with van der Waals surface area (Å²) in [7, 11) is -3.93. The van der Waals surface area contributed by atoms with Crippen LogP contribution in [0.3, 0.4) is 0 Å². The molecule has 0 radical (unpaired) electrons. The predicted octanol–water partition coefficient (Wildman–Crippen LogP) is 6.26. The number of rotatable bonds is 15. The van der Waals surface area contributed by atoms with Gasteiger partial charge in [0.1, 0.15) is 11.9 Å². The van der Waals surface area contributed by atoms with E-state index in [0.29, 0.717) is 54.9 Å². The molecule has 342 valence electrons. The van der Waals surface area contributed by atoms with Gasteiger partial charge in [0.05, 0.1) is 21.9 Å². The summed E-state index contributed by atoms with van der Waals surface area (Å²) in [6.45, 7) is 4.50. The topological polar surface area (TPSA) is 173 Å². The number of fused-ring (bicyclic) bond motifs is 4. The van der Waals surface area contributed by atoms with Crippen LogP contribution in [0.4, 0.5) is 0 Å². The zero-order valence-corrected chi connectivity index (χ0v) is 37.5.